The molecule has 1 fully saturated rings. The van der Waals surface area contributed by atoms with Crippen molar-refractivity contribution >= 4 is 6.16 Å². The van der Waals surface area contributed by atoms with Gasteiger partial charge in [0.1, 0.15) is 0 Å². The van der Waals surface area contributed by atoms with E-state index < -0.39 is 12.3 Å². The van der Waals surface area contributed by atoms with E-state index in [1.807, 2.05) is 0 Å². The molecule has 1 saturated carbocycles. The molecule has 0 aromatic heterocycles. The van der Waals surface area contributed by atoms with Crippen LogP contribution in [0.15, 0.2) is 0 Å². The lowest BCUT2D eigenvalue weighted by Gasteiger charge is -2.41. The molecule has 112 valence electrons. The predicted octanol–water partition coefficient (Wildman–Crippen LogP) is 2.66. The molecule has 3 atom stereocenters. The highest BCUT2D eigenvalue weighted by Gasteiger charge is 2.35. The molecule has 0 spiro atoms. The van der Waals surface area contributed by atoms with E-state index in [-0.39, 0.29) is 24.7 Å². The van der Waals surface area contributed by atoms with Crippen LogP contribution in [0.4, 0.5) is 4.79 Å². The second-order valence-corrected chi connectivity index (χ2v) is 6.05. The largest absolute Gasteiger partial charge is 0.506 e. The van der Waals surface area contributed by atoms with Gasteiger partial charge in [-0.05, 0) is 30.6 Å². The van der Waals surface area contributed by atoms with Crippen molar-refractivity contribution in [2.45, 2.75) is 58.7 Å². The molecule has 0 aromatic carbocycles. The van der Waals surface area contributed by atoms with E-state index in [0.717, 1.165) is 19.3 Å². The summed E-state index contributed by atoms with van der Waals surface area (Å²) < 4.78 is 10.3. The Bertz CT molecular complexity index is 292. The van der Waals surface area contributed by atoms with Gasteiger partial charge in [0, 0.05) is 0 Å². The molecular formula is C14H26O5. The first kappa shape index (κ1) is 16.2. The van der Waals surface area contributed by atoms with Crippen LogP contribution in [0, 0.1) is 11.3 Å². The first-order valence-corrected chi connectivity index (χ1v) is 6.99. The predicted molar refractivity (Wildman–Crippen MR) is 71.1 cm³/mol. The van der Waals surface area contributed by atoms with Crippen molar-refractivity contribution in [2.24, 2.45) is 11.3 Å². The van der Waals surface area contributed by atoms with Gasteiger partial charge in [-0.25, -0.2) is 4.79 Å². The summed E-state index contributed by atoms with van der Waals surface area (Å²) in [6.45, 7) is 6.52. The third-order valence-corrected chi connectivity index (χ3v) is 4.35. The maximum Gasteiger partial charge on any atom is 0.506 e. The van der Waals surface area contributed by atoms with Gasteiger partial charge in [-0.3, -0.25) is 0 Å². The number of carbonyl (C=O) groups is 1. The molecule has 0 saturated heterocycles. The molecule has 0 aliphatic heterocycles. The third-order valence-electron chi connectivity index (χ3n) is 4.35. The minimum absolute atomic E-state index is 0.127. The highest BCUT2D eigenvalue weighted by atomic mass is 16.7. The highest BCUT2D eigenvalue weighted by molar-refractivity contribution is 5.57. The van der Waals surface area contributed by atoms with Gasteiger partial charge in [0.15, 0.2) is 6.10 Å². The van der Waals surface area contributed by atoms with E-state index in [1.165, 1.54) is 6.42 Å². The number of ether oxygens (including phenoxy) is 2. The molecule has 3 unspecified atom stereocenters. The summed E-state index contributed by atoms with van der Waals surface area (Å²) in [7, 11) is 0. The average molecular weight is 274 g/mol. The fourth-order valence-corrected chi connectivity index (χ4v) is 2.63. The first-order chi connectivity index (χ1) is 8.87. The number of hydrogen-bond acceptors (Lipinski definition) is 4. The molecule has 1 aliphatic rings. The Morgan fingerprint density at radius 1 is 1.47 bits per heavy atom. The zero-order chi connectivity index (χ0) is 14.5. The molecule has 19 heavy (non-hydrogen) atoms. The number of rotatable bonds is 6. The van der Waals surface area contributed by atoms with E-state index in [4.69, 9.17) is 14.9 Å². The van der Waals surface area contributed by atoms with Crippen molar-refractivity contribution in [2.75, 3.05) is 13.2 Å². The van der Waals surface area contributed by atoms with Crippen molar-refractivity contribution in [3.8, 4) is 0 Å². The molecule has 1 rings (SSSR count). The summed E-state index contributed by atoms with van der Waals surface area (Å²) in [6, 6.07) is 0. The minimum Gasteiger partial charge on any atom is -0.450 e. The minimum atomic E-state index is -1.38. The van der Waals surface area contributed by atoms with E-state index in [1.54, 1.807) is 0 Å². The molecule has 0 bridgehead atoms. The monoisotopic (exact) mass is 274 g/mol. The average Bonchev–Trinajstić information content (AvgIpc) is 2.34. The maximum atomic E-state index is 10.4. The zero-order valence-electron chi connectivity index (χ0n) is 12.1. The van der Waals surface area contributed by atoms with Crippen molar-refractivity contribution in [3.63, 3.8) is 0 Å². The summed E-state index contributed by atoms with van der Waals surface area (Å²) >= 11 is 0. The van der Waals surface area contributed by atoms with Crippen LogP contribution in [-0.2, 0) is 9.47 Å². The molecule has 2 N–H and O–H groups in total. The molecule has 0 aromatic rings. The Labute approximate surface area is 114 Å². The second kappa shape index (κ2) is 7.10. The molecule has 5 nitrogen and oxygen atoms in total. The van der Waals surface area contributed by atoms with Crippen LogP contribution in [0.5, 0.6) is 0 Å². The van der Waals surface area contributed by atoms with Crippen LogP contribution in [0.25, 0.3) is 0 Å². The van der Waals surface area contributed by atoms with Gasteiger partial charge >= 0.3 is 6.16 Å². The van der Waals surface area contributed by atoms with Gasteiger partial charge < -0.3 is 19.7 Å². The van der Waals surface area contributed by atoms with E-state index in [2.05, 4.69) is 25.5 Å². The van der Waals surface area contributed by atoms with E-state index >= 15 is 0 Å². The summed E-state index contributed by atoms with van der Waals surface area (Å²) in [5.41, 5.74) is 0.283. The molecule has 0 radical (unpaired) electrons. The smallest absolute Gasteiger partial charge is 0.450 e. The van der Waals surface area contributed by atoms with Gasteiger partial charge in [-0.1, -0.05) is 27.2 Å². The maximum absolute atomic E-state index is 10.4. The van der Waals surface area contributed by atoms with Crippen molar-refractivity contribution < 1.29 is 24.5 Å². The lowest BCUT2D eigenvalue weighted by molar-refractivity contribution is -0.0755. The Morgan fingerprint density at radius 3 is 2.68 bits per heavy atom. The first-order valence-electron chi connectivity index (χ1n) is 6.99. The lowest BCUT2D eigenvalue weighted by atomic mass is 9.67. The van der Waals surface area contributed by atoms with Crippen LogP contribution in [0.2, 0.25) is 0 Å². The summed E-state index contributed by atoms with van der Waals surface area (Å²) in [5, 5.41) is 17.5. The Balaban J connectivity index is 2.42. The Morgan fingerprint density at radius 2 is 2.16 bits per heavy atom. The number of aliphatic hydroxyl groups is 1. The number of aliphatic hydroxyl groups excluding tert-OH is 1. The van der Waals surface area contributed by atoms with Gasteiger partial charge in [0.2, 0.25) is 0 Å². The summed E-state index contributed by atoms with van der Waals surface area (Å²) in [6.07, 6.45) is 2.28. The van der Waals surface area contributed by atoms with Gasteiger partial charge in [0.05, 0.1) is 19.3 Å². The van der Waals surface area contributed by atoms with E-state index in [9.17, 15) is 4.79 Å². The molecule has 5 heteroatoms. The topological polar surface area (TPSA) is 76.0 Å². The molecule has 0 amide bonds. The Hall–Kier alpha value is -0.810. The van der Waals surface area contributed by atoms with Gasteiger partial charge in [-0.2, -0.15) is 0 Å². The summed E-state index contributed by atoms with van der Waals surface area (Å²) in [4.78, 5) is 10.4. The van der Waals surface area contributed by atoms with Crippen LogP contribution in [0.1, 0.15) is 46.5 Å². The van der Waals surface area contributed by atoms with Gasteiger partial charge in [0.25, 0.3) is 0 Å². The van der Waals surface area contributed by atoms with Gasteiger partial charge in [-0.15, -0.1) is 0 Å². The standard InChI is InChI=1S/C14H26O5/c1-10(2)14(3)6-4-5-11(7-14)18-9-12(8-15)19-13(16)17/h10-12,15H,4-9H2,1-3H3,(H,16,17). The molecule has 0 heterocycles. The van der Waals surface area contributed by atoms with Crippen molar-refractivity contribution in [3.05, 3.63) is 0 Å². The van der Waals surface area contributed by atoms with Crippen LogP contribution in [0.3, 0.4) is 0 Å². The summed E-state index contributed by atoms with van der Waals surface area (Å²) in [5.74, 6) is 0.600. The zero-order valence-corrected chi connectivity index (χ0v) is 12.1. The molecule has 1 aliphatic carbocycles. The van der Waals surface area contributed by atoms with Crippen LogP contribution >= 0.6 is 0 Å². The van der Waals surface area contributed by atoms with Crippen molar-refractivity contribution in [1.29, 1.82) is 0 Å². The quantitative estimate of drug-likeness (QED) is 0.728. The normalized spacial score (nSPS) is 29.2. The second-order valence-electron chi connectivity index (χ2n) is 6.05. The third kappa shape index (κ3) is 4.99. The lowest BCUT2D eigenvalue weighted by Crippen LogP contribution is -2.36. The Kier molecular flexibility index (Phi) is 6.07. The number of carboxylic acid groups (broad SMARTS) is 1. The molecular weight excluding hydrogens is 248 g/mol. The number of hydrogen-bond donors (Lipinski definition) is 2. The fourth-order valence-electron chi connectivity index (χ4n) is 2.63. The highest BCUT2D eigenvalue weighted by Crippen LogP contribution is 2.42. The van der Waals surface area contributed by atoms with E-state index in [0.29, 0.717) is 5.92 Å². The fraction of sp³-hybridized carbons (Fsp3) is 0.929. The van der Waals surface area contributed by atoms with Crippen molar-refractivity contribution in [1.82, 2.24) is 0 Å². The van der Waals surface area contributed by atoms with Crippen LogP contribution in [-0.4, -0.2) is 41.8 Å². The SMILES string of the molecule is CC(C)C1(C)CCCC(OCC(CO)OC(=O)O)C1. The van der Waals surface area contributed by atoms with Crippen LogP contribution < -0.4 is 0 Å².